The predicted molar refractivity (Wildman–Crippen MR) is 65.0 cm³/mol. The first kappa shape index (κ1) is 11.9. The molecule has 0 unspecified atom stereocenters. The Morgan fingerprint density at radius 3 is 2.56 bits per heavy atom. The normalized spacial score (nSPS) is 22.2. The third-order valence-corrected chi connectivity index (χ3v) is 3.75. The van der Waals surface area contributed by atoms with Crippen LogP contribution < -0.4 is 5.32 Å². The van der Waals surface area contributed by atoms with E-state index in [2.05, 4.69) is 16.3 Å². The van der Waals surface area contributed by atoms with Gasteiger partial charge in [0.15, 0.2) is 0 Å². The van der Waals surface area contributed by atoms with E-state index in [-0.39, 0.29) is 0 Å². The number of hydrogen-bond acceptors (Lipinski definition) is 3. The summed E-state index contributed by atoms with van der Waals surface area (Å²) in [5.41, 5.74) is 0. The monoisotopic (exact) mass is 221 g/mol. The summed E-state index contributed by atoms with van der Waals surface area (Å²) in [5, 5.41) is 12.0. The fourth-order valence-corrected chi connectivity index (χ4v) is 2.62. The lowest BCUT2D eigenvalue weighted by Crippen LogP contribution is -2.37. The Labute approximate surface area is 98.8 Å². The highest BCUT2D eigenvalue weighted by molar-refractivity contribution is 4.87. The van der Waals surface area contributed by atoms with E-state index in [0.717, 1.165) is 31.3 Å². The van der Waals surface area contributed by atoms with Gasteiger partial charge in [-0.25, -0.2) is 0 Å². The van der Waals surface area contributed by atoms with E-state index in [0.29, 0.717) is 0 Å². The highest BCUT2D eigenvalue weighted by Gasteiger charge is 2.30. The molecule has 1 saturated heterocycles. The maximum atomic E-state index is 8.58. The molecule has 2 rings (SSSR count). The van der Waals surface area contributed by atoms with Crippen LogP contribution in [0.1, 0.15) is 38.5 Å². The van der Waals surface area contributed by atoms with Gasteiger partial charge in [0.1, 0.15) is 0 Å². The maximum absolute atomic E-state index is 8.58. The number of piperidine rings is 1. The number of nitriles is 1. The zero-order chi connectivity index (χ0) is 11.2. The molecule has 0 amide bonds. The van der Waals surface area contributed by atoms with Gasteiger partial charge in [0.25, 0.3) is 0 Å². The molecule has 0 aromatic rings. The van der Waals surface area contributed by atoms with Crippen LogP contribution in [-0.2, 0) is 0 Å². The zero-order valence-electron chi connectivity index (χ0n) is 10.1. The van der Waals surface area contributed by atoms with Crippen molar-refractivity contribution < 1.29 is 0 Å². The van der Waals surface area contributed by atoms with Crippen LogP contribution in [0.4, 0.5) is 0 Å². The van der Waals surface area contributed by atoms with Crippen LogP contribution in [-0.4, -0.2) is 37.1 Å². The van der Waals surface area contributed by atoms with Gasteiger partial charge < -0.3 is 10.2 Å². The first-order valence-corrected chi connectivity index (χ1v) is 6.72. The fraction of sp³-hybridized carbons (Fsp3) is 0.923. The molecule has 1 saturated carbocycles. The third-order valence-electron chi connectivity index (χ3n) is 3.75. The molecule has 0 bridgehead atoms. The Bertz CT molecular complexity index is 236. The molecule has 1 N–H and O–H groups in total. The summed E-state index contributed by atoms with van der Waals surface area (Å²) < 4.78 is 0. The molecule has 3 heteroatoms. The minimum atomic E-state index is 0.718. The van der Waals surface area contributed by atoms with Crippen molar-refractivity contribution in [3.05, 3.63) is 0 Å². The van der Waals surface area contributed by atoms with Gasteiger partial charge in [-0.05, 0) is 57.7 Å². The highest BCUT2D eigenvalue weighted by Crippen LogP contribution is 2.29. The van der Waals surface area contributed by atoms with Crippen molar-refractivity contribution in [1.29, 1.82) is 5.26 Å². The summed E-state index contributed by atoms with van der Waals surface area (Å²) in [6, 6.07) is 3.10. The van der Waals surface area contributed by atoms with Gasteiger partial charge in [0.05, 0.1) is 6.07 Å². The molecular formula is C13H23N3. The van der Waals surface area contributed by atoms with Crippen molar-refractivity contribution >= 4 is 0 Å². The molecule has 3 nitrogen and oxygen atoms in total. The summed E-state index contributed by atoms with van der Waals surface area (Å²) in [6.45, 7) is 4.81. The Morgan fingerprint density at radius 2 is 1.94 bits per heavy atom. The van der Waals surface area contributed by atoms with Crippen LogP contribution >= 0.6 is 0 Å². The van der Waals surface area contributed by atoms with Crippen molar-refractivity contribution in [3.63, 3.8) is 0 Å². The lowest BCUT2D eigenvalue weighted by Gasteiger charge is -2.30. The van der Waals surface area contributed by atoms with Gasteiger partial charge in [-0.15, -0.1) is 0 Å². The number of nitrogens with zero attached hydrogens (tertiary/aromatic N) is 2. The number of nitrogens with one attached hydrogen (secondary N) is 1. The second-order valence-corrected chi connectivity index (χ2v) is 5.18. The quantitative estimate of drug-likeness (QED) is 0.695. The molecule has 16 heavy (non-hydrogen) atoms. The summed E-state index contributed by atoms with van der Waals surface area (Å²) in [6.07, 6.45) is 7.21. The molecule has 2 aliphatic rings. The first-order chi connectivity index (χ1) is 7.90. The molecular weight excluding hydrogens is 198 g/mol. The van der Waals surface area contributed by atoms with Crippen LogP contribution in [0, 0.1) is 17.2 Å². The number of rotatable bonds is 6. The molecule has 1 heterocycles. The first-order valence-electron chi connectivity index (χ1n) is 6.72. The van der Waals surface area contributed by atoms with Crippen molar-refractivity contribution in [2.75, 3.05) is 26.2 Å². The van der Waals surface area contributed by atoms with E-state index in [1.807, 2.05) is 0 Å². The van der Waals surface area contributed by atoms with Gasteiger partial charge in [-0.2, -0.15) is 5.26 Å². The van der Waals surface area contributed by atoms with Crippen LogP contribution in [0.15, 0.2) is 0 Å². The summed E-state index contributed by atoms with van der Waals surface area (Å²) in [4.78, 5) is 2.65. The van der Waals surface area contributed by atoms with Crippen molar-refractivity contribution in [2.45, 2.75) is 44.6 Å². The number of unbranched alkanes of at least 4 members (excludes halogenated alkanes) is 1. The molecule has 90 valence electrons. The smallest absolute Gasteiger partial charge is 0.0622 e. The standard InChI is InChI=1S/C13H23N3/c14-7-1-2-10-16(13-3-4-13)11-12-5-8-15-9-6-12/h12-13,15H,1-6,8-11H2. The average Bonchev–Trinajstić information content (AvgIpc) is 3.13. The largest absolute Gasteiger partial charge is 0.317 e. The molecule has 1 aliphatic carbocycles. The number of hydrogen-bond donors (Lipinski definition) is 1. The Morgan fingerprint density at radius 1 is 1.19 bits per heavy atom. The molecule has 0 atom stereocenters. The fourth-order valence-electron chi connectivity index (χ4n) is 2.62. The second kappa shape index (κ2) is 6.22. The Balaban J connectivity index is 1.71. The molecule has 0 radical (unpaired) electrons. The summed E-state index contributed by atoms with van der Waals surface area (Å²) >= 11 is 0. The van der Waals surface area contributed by atoms with E-state index in [1.165, 1.54) is 45.3 Å². The van der Waals surface area contributed by atoms with Gasteiger partial charge in [0.2, 0.25) is 0 Å². The summed E-state index contributed by atoms with van der Waals surface area (Å²) in [5.74, 6) is 0.893. The topological polar surface area (TPSA) is 39.1 Å². The van der Waals surface area contributed by atoms with E-state index < -0.39 is 0 Å². The predicted octanol–water partition coefficient (Wildman–Crippen LogP) is 1.75. The van der Waals surface area contributed by atoms with E-state index in [4.69, 9.17) is 5.26 Å². The van der Waals surface area contributed by atoms with Crippen LogP contribution in [0.3, 0.4) is 0 Å². The summed E-state index contributed by atoms with van der Waals surface area (Å²) in [7, 11) is 0. The second-order valence-electron chi connectivity index (χ2n) is 5.18. The third kappa shape index (κ3) is 3.77. The zero-order valence-corrected chi connectivity index (χ0v) is 10.1. The van der Waals surface area contributed by atoms with Crippen molar-refractivity contribution in [3.8, 4) is 6.07 Å². The highest BCUT2D eigenvalue weighted by atomic mass is 15.2. The van der Waals surface area contributed by atoms with Gasteiger partial charge in [-0.1, -0.05) is 0 Å². The lowest BCUT2D eigenvalue weighted by molar-refractivity contribution is 0.196. The maximum Gasteiger partial charge on any atom is 0.0622 e. The lowest BCUT2D eigenvalue weighted by atomic mass is 9.97. The molecule has 0 aromatic heterocycles. The van der Waals surface area contributed by atoms with Crippen LogP contribution in [0.25, 0.3) is 0 Å². The van der Waals surface area contributed by atoms with E-state index in [1.54, 1.807) is 0 Å². The minimum absolute atomic E-state index is 0.718. The minimum Gasteiger partial charge on any atom is -0.317 e. The molecule has 2 fully saturated rings. The van der Waals surface area contributed by atoms with Gasteiger partial charge in [0, 0.05) is 19.0 Å². The Kier molecular flexibility index (Phi) is 4.62. The Hall–Kier alpha value is -0.590. The van der Waals surface area contributed by atoms with Crippen LogP contribution in [0.2, 0.25) is 0 Å². The molecule has 1 aliphatic heterocycles. The van der Waals surface area contributed by atoms with E-state index in [9.17, 15) is 0 Å². The molecule has 0 aromatic carbocycles. The van der Waals surface area contributed by atoms with Gasteiger partial charge in [-0.3, -0.25) is 0 Å². The van der Waals surface area contributed by atoms with Crippen molar-refractivity contribution in [2.24, 2.45) is 5.92 Å². The SMILES string of the molecule is N#CCCCN(CC1CCNCC1)C1CC1. The average molecular weight is 221 g/mol. The van der Waals surface area contributed by atoms with Crippen molar-refractivity contribution in [1.82, 2.24) is 10.2 Å². The van der Waals surface area contributed by atoms with E-state index >= 15 is 0 Å². The molecule has 0 spiro atoms. The van der Waals surface area contributed by atoms with Crippen LogP contribution in [0.5, 0.6) is 0 Å². The van der Waals surface area contributed by atoms with Gasteiger partial charge >= 0.3 is 0 Å².